The molecule has 0 aromatic rings. The minimum Gasteiger partial charge on any atom is -0.215 e. The summed E-state index contributed by atoms with van der Waals surface area (Å²) in [6.07, 6.45) is 3.29. The van der Waals surface area contributed by atoms with Crippen LogP contribution in [0.3, 0.4) is 0 Å². The van der Waals surface area contributed by atoms with Crippen molar-refractivity contribution in [2.24, 2.45) is 0 Å². The molecular weight excluding hydrogens is 112 g/mol. The fourth-order valence-electron chi connectivity index (χ4n) is 0.455. The molecular formula is C5H5F2N. The predicted molar refractivity (Wildman–Crippen MR) is 26.1 cm³/mol. The number of halogens is 2. The molecule has 0 saturated carbocycles. The lowest BCUT2D eigenvalue weighted by Gasteiger charge is -2.07. The smallest absolute Gasteiger partial charge is 0.122 e. The molecule has 1 heterocycles. The number of hydrogen-bond donors (Lipinski definition) is 0. The maximum atomic E-state index is 11.9. The Morgan fingerprint density at radius 2 is 2.38 bits per heavy atom. The Hall–Kier alpha value is -0.860. The highest BCUT2D eigenvalue weighted by molar-refractivity contribution is 5.14. The highest BCUT2D eigenvalue weighted by atomic mass is 19.2. The highest BCUT2D eigenvalue weighted by Crippen LogP contribution is 2.06. The van der Waals surface area contributed by atoms with Gasteiger partial charge < -0.3 is 0 Å². The van der Waals surface area contributed by atoms with Crippen LogP contribution in [0.4, 0.5) is 8.87 Å². The molecule has 0 spiro atoms. The van der Waals surface area contributed by atoms with Crippen LogP contribution in [0.5, 0.6) is 0 Å². The largest absolute Gasteiger partial charge is 0.215 e. The van der Waals surface area contributed by atoms with Crippen molar-refractivity contribution in [3.8, 4) is 0 Å². The summed E-state index contributed by atoms with van der Waals surface area (Å²) in [4.78, 5) is 0. The van der Waals surface area contributed by atoms with Gasteiger partial charge >= 0.3 is 0 Å². The minimum atomic E-state index is -0.376. The maximum absolute atomic E-state index is 11.9. The average molecular weight is 117 g/mol. The van der Waals surface area contributed by atoms with Crippen molar-refractivity contribution in [3.63, 3.8) is 0 Å². The van der Waals surface area contributed by atoms with Gasteiger partial charge in [-0.15, -0.1) is 4.48 Å². The molecule has 1 aliphatic rings. The minimum absolute atomic E-state index is 0.0162. The second-order valence-electron chi connectivity index (χ2n) is 1.49. The number of hydrogen-bond acceptors (Lipinski definition) is 1. The molecule has 1 rings (SSSR count). The van der Waals surface area contributed by atoms with Crippen LogP contribution in [-0.4, -0.2) is 11.7 Å². The summed E-state index contributed by atoms with van der Waals surface area (Å²) in [6.45, 7) is 0.0162. The van der Waals surface area contributed by atoms with Gasteiger partial charge in [0.25, 0.3) is 0 Å². The van der Waals surface area contributed by atoms with Crippen LogP contribution in [0.2, 0.25) is 0 Å². The lowest BCUT2D eigenvalue weighted by molar-refractivity contribution is 0.103. The number of nitrogens with zero attached hydrogens (tertiary/aromatic N) is 1. The third-order valence-electron chi connectivity index (χ3n) is 0.856. The number of allylic oxidation sites excluding steroid dienone is 2. The molecule has 0 amide bonds. The highest BCUT2D eigenvalue weighted by Gasteiger charge is 1.99. The van der Waals surface area contributed by atoms with E-state index in [9.17, 15) is 8.87 Å². The molecule has 0 unspecified atom stereocenters. The van der Waals surface area contributed by atoms with E-state index in [0.29, 0.717) is 5.12 Å². The Morgan fingerprint density at radius 3 is 2.75 bits per heavy atom. The van der Waals surface area contributed by atoms with E-state index in [2.05, 4.69) is 0 Å². The lowest BCUT2D eigenvalue weighted by Crippen LogP contribution is -2.07. The third kappa shape index (κ3) is 1.05. The van der Waals surface area contributed by atoms with Crippen LogP contribution < -0.4 is 0 Å². The first-order chi connectivity index (χ1) is 3.79. The Morgan fingerprint density at radius 1 is 1.62 bits per heavy atom. The topological polar surface area (TPSA) is 3.24 Å². The summed E-state index contributed by atoms with van der Waals surface area (Å²) in [6, 6.07) is 0. The van der Waals surface area contributed by atoms with Gasteiger partial charge in [-0.2, -0.15) is 0 Å². The van der Waals surface area contributed by atoms with Crippen molar-refractivity contribution >= 4 is 0 Å². The van der Waals surface area contributed by atoms with E-state index in [1.807, 2.05) is 0 Å². The van der Waals surface area contributed by atoms with Gasteiger partial charge in [-0.1, -0.05) is 0 Å². The summed E-state index contributed by atoms with van der Waals surface area (Å²) in [5.41, 5.74) is 0. The normalized spacial score (nSPS) is 18.8. The van der Waals surface area contributed by atoms with Gasteiger partial charge in [-0.05, 0) is 12.2 Å². The molecule has 0 fully saturated rings. The molecule has 0 aromatic carbocycles. The Labute approximate surface area is 45.8 Å². The molecule has 0 aliphatic carbocycles. The monoisotopic (exact) mass is 117 g/mol. The maximum Gasteiger partial charge on any atom is 0.122 e. The van der Waals surface area contributed by atoms with Gasteiger partial charge in [-0.3, -0.25) is 0 Å². The summed E-state index contributed by atoms with van der Waals surface area (Å²) < 4.78 is 23.8. The molecule has 1 nitrogen and oxygen atoms in total. The zero-order chi connectivity index (χ0) is 5.98. The Kier molecular flexibility index (Phi) is 1.28. The molecule has 0 N–H and O–H groups in total. The van der Waals surface area contributed by atoms with Crippen molar-refractivity contribution in [1.82, 2.24) is 5.12 Å². The molecule has 0 aromatic heterocycles. The van der Waals surface area contributed by atoms with E-state index in [4.69, 9.17) is 0 Å². The van der Waals surface area contributed by atoms with Gasteiger partial charge in [0.15, 0.2) is 0 Å². The van der Waals surface area contributed by atoms with E-state index < -0.39 is 0 Å². The second-order valence-corrected chi connectivity index (χ2v) is 1.49. The van der Waals surface area contributed by atoms with E-state index in [1.165, 1.54) is 6.08 Å². The quantitative estimate of drug-likeness (QED) is 0.435. The van der Waals surface area contributed by atoms with Crippen LogP contribution >= 0.6 is 0 Å². The second kappa shape index (κ2) is 1.94. The van der Waals surface area contributed by atoms with Crippen molar-refractivity contribution in [2.45, 2.75) is 0 Å². The molecule has 1 aliphatic heterocycles. The van der Waals surface area contributed by atoms with E-state index in [-0.39, 0.29) is 12.4 Å². The van der Waals surface area contributed by atoms with Gasteiger partial charge in [-0.25, -0.2) is 9.51 Å². The first-order valence-corrected chi connectivity index (χ1v) is 2.25. The first kappa shape index (κ1) is 5.28. The Balaban J connectivity index is 2.58. The van der Waals surface area contributed by atoms with Crippen molar-refractivity contribution in [3.05, 3.63) is 24.2 Å². The molecule has 3 heteroatoms. The van der Waals surface area contributed by atoms with Crippen LogP contribution in [0.1, 0.15) is 0 Å². The molecule has 8 heavy (non-hydrogen) atoms. The van der Waals surface area contributed by atoms with Crippen LogP contribution in [-0.2, 0) is 0 Å². The van der Waals surface area contributed by atoms with E-state index in [0.717, 1.165) is 12.3 Å². The summed E-state index contributed by atoms with van der Waals surface area (Å²) in [7, 11) is 0. The lowest BCUT2D eigenvalue weighted by atomic mass is 10.4. The zero-order valence-electron chi connectivity index (χ0n) is 4.14. The van der Waals surface area contributed by atoms with E-state index >= 15 is 0 Å². The van der Waals surface area contributed by atoms with Gasteiger partial charge in [0.1, 0.15) is 5.83 Å². The fraction of sp³-hybridized carbons (Fsp3) is 0.200. The first-order valence-electron chi connectivity index (χ1n) is 2.25. The summed E-state index contributed by atoms with van der Waals surface area (Å²) >= 11 is 0. The van der Waals surface area contributed by atoms with Gasteiger partial charge in [0.2, 0.25) is 0 Å². The summed E-state index contributed by atoms with van der Waals surface area (Å²) in [5, 5.41) is 0.406. The van der Waals surface area contributed by atoms with Crippen LogP contribution in [0.25, 0.3) is 0 Å². The Bertz CT molecular complexity index is 139. The molecule has 0 radical (unpaired) electrons. The molecule has 0 bridgehead atoms. The van der Waals surface area contributed by atoms with Crippen molar-refractivity contribution in [2.75, 3.05) is 6.54 Å². The van der Waals surface area contributed by atoms with Gasteiger partial charge in [0.05, 0.1) is 6.54 Å². The van der Waals surface area contributed by atoms with Crippen LogP contribution in [0.15, 0.2) is 24.2 Å². The van der Waals surface area contributed by atoms with Gasteiger partial charge in [0, 0.05) is 6.20 Å². The van der Waals surface area contributed by atoms with Crippen LogP contribution in [0, 0.1) is 0 Å². The van der Waals surface area contributed by atoms with Crippen molar-refractivity contribution < 1.29 is 8.87 Å². The third-order valence-corrected chi connectivity index (χ3v) is 0.856. The zero-order valence-corrected chi connectivity index (χ0v) is 4.14. The van der Waals surface area contributed by atoms with Crippen molar-refractivity contribution in [1.29, 1.82) is 0 Å². The number of rotatable bonds is 0. The fourth-order valence-corrected chi connectivity index (χ4v) is 0.455. The standard InChI is InChI=1S/C5H5F2N/c6-5-1-3-8(7)4-2-5/h1-3H,4H2. The van der Waals surface area contributed by atoms with E-state index in [1.54, 1.807) is 0 Å². The SMILES string of the molecule is FC1=CCN(F)C=C1. The summed E-state index contributed by atoms with van der Waals surface area (Å²) in [5.74, 6) is -0.376. The molecule has 0 saturated heterocycles. The predicted octanol–water partition coefficient (Wildman–Crippen LogP) is 1.55. The molecule has 44 valence electrons. The average Bonchev–Trinajstić information content (AvgIpc) is 1.77. The molecule has 0 atom stereocenters.